The van der Waals surface area contributed by atoms with Crippen molar-refractivity contribution in [2.24, 2.45) is 4.99 Å². The minimum atomic E-state index is -0.694. The molecule has 0 amide bonds. The Hall–Kier alpha value is -1.43. The maximum absolute atomic E-state index is 11.2. The van der Waals surface area contributed by atoms with Crippen molar-refractivity contribution in [1.82, 2.24) is 0 Å². The molecule has 0 bridgehead atoms. The number of aliphatic imine (C=N–C) groups is 1. The summed E-state index contributed by atoms with van der Waals surface area (Å²) in [6.07, 6.45) is 0.817. The number of hydrogen-bond acceptors (Lipinski definition) is 6. The second-order valence-corrected chi connectivity index (χ2v) is 4.65. The maximum atomic E-state index is 11.2. The van der Waals surface area contributed by atoms with Gasteiger partial charge in [-0.15, -0.1) is 0 Å². The Labute approximate surface area is 107 Å². The third-order valence-electron chi connectivity index (χ3n) is 1.82. The molecular formula is C12H21NO5. The minimum absolute atomic E-state index is 0.0630. The second-order valence-electron chi connectivity index (χ2n) is 4.65. The number of ether oxygens (including phenoxy) is 3. The summed E-state index contributed by atoms with van der Waals surface area (Å²) >= 11 is 0. The third-order valence-corrected chi connectivity index (χ3v) is 1.82. The summed E-state index contributed by atoms with van der Waals surface area (Å²) in [7, 11) is 1.38. The van der Waals surface area contributed by atoms with Crippen LogP contribution in [0.25, 0.3) is 0 Å². The second kappa shape index (κ2) is 7.81. The van der Waals surface area contributed by atoms with Gasteiger partial charge in [0.15, 0.2) is 12.7 Å². The fraction of sp³-hybridized carbons (Fsp3) is 0.750. The molecule has 0 N–H and O–H groups in total. The topological polar surface area (TPSA) is 74.2 Å². The Morgan fingerprint density at radius 3 is 2.39 bits per heavy atom. The largest absolute Gasteiger partial charge is 0.457 e. The highest BCUT2D eigenvalue weighted by atomic mass is 16.6. The number of nitrogens with zero attached hydrogens (tertiary/aromatic N) is 1. The molecule has 0 radical (unpaired) electrons. The first-order chi connectivity index (χ1) is 8.26. The summed E-state index contributed by atoms with van der Waals surface area (Å²) < 4.78 is 14.2. The van der Waals surface area contributed by atoms with Gasteiger partial charge in [-0.25, -0.2) is 9.59 Å². The molecule has 0 heterocycles. The van der Waals surface area contributed by atoms with Crippen LogP contribution in [0.5, 0.6) is 0 Å². The lowest BCUT2D eigenvalue weighted by molar-refractivity contribution is -0.163. The highest BCUT2D eigenvalue weighted by molar-refractivity contribution is 5.79. The van der Waals surface area contributed by atoms with Gasteiger partial charge in [0.2, 0.25) is 0 Å². The average molecular weight is 259 g/mol. The van der Waals surface area contributed by atoms with E-state index in [-0.39, 0.29) is 12.1 Å². The molecule has 0 aromatic heterocycles. The molecular weight excluding hydrogens is 238 g/mol. The predicted octanol–water partition coefficient (Wildman–Crippen LogP) is 0.977. The van der Waals surface area contributed by atoms with Crippen LogP contribution in [0.15, 0.2) is 4.99 Å². The molecule has 0 fully saturated rings. The van der Waals surface area contributed by atoms with Crippen LogP contribution in [0.4, 0.5) is 0 Å². The Kier molecular flexibility index (Phi) is 7.19. The monoisotopic (exact) mass is 259 g/mol. The molecule has 0 rings (SSSR count). The van der Waals surface area contributed by atoms with E-state index in [1.807, 2.05) is 20.8 Å². The van der Waals surface area contributed by atoms with E-state index in [9.17, 15) is 9.59 Å². The molecule has 0 aromatic carbocycles. The molecule has 0 aliphatic rings. The lowest BCUT2D eigenvalue weighted by atomic mass is 10.1. The van der Waals surface area contributed by atoms with Gasteiger partial charge < -0.3 is 14.2 Å². The van der Waals surface area contributed by atoms with E-state index < -0.39 is 24.6 Å². The number of rotatable bonds is 6. The van der Waals surface area contributed by atoms with E-state index in [0.29, 0.717) is 0 Å². The average Bonchev–Trinajstić information content (AvgIpc) is 2.29. The maximum Gasteiger partial charge on any atom is 0.344 e. The number of esters is 2. The lowest BCUT2D eigenvalue weighted by Crippen LogP contribution is -2.25. The molecule has 1 atom stereocenters. The summed E-state index contributed by atoms with van der Waals surface area (Å²) in [5, 5.41) is 0. The van der Waals surface area contributed by atoms with Crippen LogP contribution in [0.1, 0.15) is 27.7 Å². The zero-order valence-electron chi connectivity index (χ0n) is 11.6. The number of hydrogen-bond donors (Lipinski definition) is 0. The molecule has 0 saturated carbocycles. The van der Waals surface area contributed by atoms with Gasteiger partial charge in [-0.3, -0.25) is 4.99 Å². The van der Waals surface area contributed by atoms with Crippen molar-refractivity contribution in [1.29, 1.82) is 0 Å². The SMILES string of the molecule is COC(C)C(=O)OCC(=O)OC/C=N/C(C)(C)C. The Bertz CT molecular complexity index is 306. The van der Waals surface area contributed by atoms with E-state index >= 15 is 0 Å². The molecule has 0 spiro atoms. The molecule has 18 heavy (non-hydrogen) atoms. The zero-order valence-corrected chi connectivity index (χ0v) is 11.6. The Morgan fingerprint density at radius 2 is 1.89 bits per heavy atom. The van der Waals surface area contributed by atoms with Crippen molar-refractivity contribution in [3.05, 3.63) is 0 Å². The van der Waals surface area contributed by atoms with Crippen LogP contribution in [0.2, 0.25) is 0 Å². The van der Waals surface area contributed by atoms with Crippen molar-refractivity contribution in [2.45, 2.75) is 39.3 Å². The fourth-order valence-corrected chi connectivity index (χ4v) is 0.827. The number of carbonyl (C=O) groups excluding carboxylic acids is 2. The van der Waals surface area contributed by atoms with Gasteiger partial charge in [0.05, 0.1) is 5.54 Å². The predicted molar refractivity (Wildman–Crippen MR) is 66.6 cm³/mol. The lowest BCUT2D eigenvalue weighted by Gasteiger charge is -2.11. The van der Waals surface area contributed by atoms with E-state index in [1.54, 1.807) is 0 Å². The zero-order chi connectivity index (χ0) is 14.2. The van der Waals surface area contributed by atoms with E-state index in [0.717, 1.165) is 0 Å². The summed E-state index contributed by atoms with van der Waals surface area (Å²) in [6.45, 7) is 6.96. The molecule has 0 aliphatic heterocycles. The summed E-state index contributed by atoms with van der Waals surface area (Å²) in [4.78, 5) is 26.5. The minimum Gasteiger partial charge on any atom is -0.457 e. The third kappa shape index (κ3) is 8.69. The quantitative estimate of drug-likeness (QED) is 0.525. The van der Waals surface area contributed by atoms with Gasteiger partial charge in [0.25, 0.3) is 0 Å². The van der Waals surface area contributed by atoms with Crippen molar-refractivity contribution in [3.63, 3.8) is 0 Å². The Balaban J connectivity index is 3.80. The van der Waals surface area contributed by atoms with Gasteiger partial charge >= 0.3 is 11.9 Å². The van der Waals surface area contributed by atoms with Gasteiger partial charge in [0.1, 0.15) is 6.61 Å². The molecule has 0 saturated heterocycles. The standard InChI is InChI=1S/C12H21NO5/c1-9(16-5)11(15)18-8-10(14)17-7-6-13-12(2,3)4/h6,9H,7-8H2,1-5H3/b13-6+. The number of carbonyl (C=O) groups is 2. The van der Waals surface area contributed by atoms with Gasteiger partial charge in [-0.2, -0.15) is 0 Å². The van der Waals surface area contributed by atoms with Crippen LogP contribution >= 0.6 is 0 Å². The van der Waals surface area contributed by atoms with Crippen LogP contribution < -0.4 is 0 Å². The Morgan fingerprint density at radius 1 is 1.28 bits per heavy atom. The highest BCUT2D eigenvalue weighted by Crippen LogP contribution is 2.04. The normalized spacial score (nSPS) is 13.4. The molecule has 6 heteroatoms. The van der Waals surface area contributed by atoms with E-state index in [1.165, 1.54) is 20.2 Å². The summed E-state index contributed by atoms with van der Waals surface area (Å²) in [5.74, 6) is -1.22. The first-order valence-corrected chi connectivity index (χ1v) is 5.65. The smallest absolute Gasteiger partial charge is 0.344 e. The summed E-state index contributed by atoms with van der Waals surface area (Å²) in [5.41, 5.74) is -0.202. The summed E-state index contributed by atoms with van der Waals surface area (Å²) in [6, 6.07) is 0. The van der Waals surface area contributed by atoms with Gasteiger partial charge in [-0.05, 0) is 27.7 Å². The van der Waals surface area contributed by atoms with Crippen molar-refractivity contribution in [3.8, 4) is 0 Å². The van der Waals surface area contributed by atoms with Crippen molar-refractivity contribution < 1.29 is 23.8 Å². The van der Waals surface area contributed by atoms with Crippen LogP contribution in [-0.2, 0) is 23.8 Å². The van der Waals surface area contributed by atoms with Crippen molar-refractivity contribution >= 4 is 18.2 Å². The molecule has 104 valence electrons. The molecule has 0 aliphatic carbocycles. The van der Waals surface area contributed by atoms with Crippen LogP contribution in [-0.4, -0.2) is 50.1 Å². The molecule has 0 aromatic rings. The van der Waals surface area contributed by atoms with E-state index in [4.69, 9.17) is 9.47 Å². The molecule has 6 nitrogen and oxygen atoms in total. The van der Waals surface area contributed by atoms with Gasteiger partial charge in [0, 0.05) is 13.3 Å². The first-order valence-electron chi connectivity index (χ1n) is 5.65. The fourth-order valence-electron chi connectivity index (χ4n) is 0.827. The first kappa shape index (κ1) is 16.6. The van der Waals surface area contributed by atoms with Crippen LogP contribution in [0, 0.1) is 0 Å². The van der Waals surface area contributed by atoms with Crippen molar-refractivity contribution in [2.75, 3.05) is 20.3 Å². The van der Waals surface area contributed by atoms with Crippen LogP contribution in [0.3, 0.4) is 0 Å². The highest BCUT2D eigenvalue weighted by Gasteiger charge is 2.15. The van der Waals surface area contributed by atoms with Gasteiger partial charge in [-0.1, -0.05) is 0 Å². The number of methoxy groups -OCH3 is 1. The van der Waals surface area contributed by atoms with E-state index in [2.05, 4.69) is 9.73 Å². The molecule has 1 unspecified atom stereocenters.